The fourth-order valence-electron chi connectivity index (χ4n) is 0.310. The highest BCUT2D eigenvalue weighted by Gasteiger charge is 1.92. The summed E-state index contributed by atoms with van der Waals surface area (Å²) in [6, 6.07) is -0.0625. The molecule has 0 saturated carbocycles. The largest absolute Gasteiger partial charge is 0.216 e. The Balaban J connectivity index is 3.75. The second-order valence-electron chi connectivity index (χ2n) is 1.31. The van der Waals surface area contributed by atoms with Crippen molar-refractivity contribution in [2.45, 2.75) is 19.4 Å². The first-order valence-corrected chi connectivity index (χ1v) is 2.79. The van der Waals surface area contributed by atoms with Gasteiger partial charge in [-0.1, -0.05) is 12.8 Å². The van der Waals surface area contributed by atoms with Crippen LogP contribution in [-0.2, 0) is 0 Å². The van der Waals surface area contributed by atoms with E-state index in [0.717, 1.165) is 6.42 Å². The molecule has 0 N–H and O–H groups in total. The SMILES string of the molecule is C#CC(CC)N=C=S. The molecule has 0 heterocycles. The summed E-state index contributed by atoms with van der Waals surface area (Å²) in [6.07, 6.45) is 5.87. The van der Waals surface area contributed by atoms with Crippen LogP contribution in [0.4, 0.5) is 0 Å². The molecule has 0 rings (SSSR count). The molecule has 0 aliphatic rings. The molecule has 0 aromatic carbocycles. The highest BCUT2D eigenvalue weighted by Crippen LogP contribution is 1.91. The smallest absolute Gasteiger partial charge is 0.120 e. The molecule has 0 amide bonds. The van der Waals surface area contributed by atoms with Gasteiger partial charge in [0.05, 0.1) is 5.16 Å². The van der Waals surface area contributed by atoms with Gasteiger partial charge in [0.15, 0.2) is 0 Å². The highest BCUT2D eigenvalue weighted by atomic mass is 32.1. The van der Waals surface area contributed by atoms with Gasteiger partial charge < -0.3 is 0 Å². The zero-order valence-corrected chi connectivity index (χ0v) is 5.53. The maximum absolute atomic E-state index is 5.04. The Kier molecular flexibility index (Phi) is 4.16. The van der Waals surface area contributed by atoms with Crippen LogP contribution < -0.4 is 0 Å². The molecule has 0 aliphatic heterocycles. The third-order valence-electron chi connectivity index (χ3n) is 0.788. The number of nitrogens with zero attached hydrogens (tertiary/aromatic N) is 1. The average molecular weight is 125 g/mol. The fraction of sp³-hybridized carbons (Fsp3) is 0.500. The van der Waals surface area contributed by atoms with Crippen LogP contribution in [0.1, 0.15) is 13.3 Å². The van der Waals surface area contributed by atoms with Crippen LogP contribution in [0.2, 0.25) is 0 Å². The Morgan fingerprint density at radius 2 is 2.50 bits per heavy atom. The minimum atomic E-state index is -0.0625. The van der Waals surface area contributed by atoms with Crippen LogP contribution >= 0.6 is 12.2 Å². The Labute approximate surface area is 54.8 Å². The highest BCUT2D eigenvalue weighted by molar-refractivity contribution is 7.78. The summed E-state index contributed by atoms with van der Waals surface area (Å²) in [5.74, 6) is 2.46. The lowest BCUT2D eigenvalue weighted by Crippen LogP contribution is -1.95. The van der Waals surface area contributed by atoms with Crippen molar-refractivity contribution in [2.24, 2.45) is 4.99 Å². The lowest BCUT2D eigenvalue weighted by Gasteiger charge is -1.92. The van der Waals surface area contributed by atoms with Gasteiger partial charge in [-0.3, -0.25) is 0 Å². The van der Waals surface area contributed by atoms with E-state index in [4.69, 9.17) is 6.42 Å². The molecule has 0 saturated heterocycles. The Morgan fingerprint density at radius 1 is 1.88 bits per heavy atom. The topological polar surface area (TPSA) is 12.4 Å². The molecule has 0 aromatic heterocycles. The van der Waals surface area contributed by atoms with E-state index in [-0.39, 0.29) is 6.04 Å². The van der Waals surface area contributed by atoms with Gasteiger partial charge in [-0.2, -0.15) is 0 Å². The molecule has 0 spiro atoms. The van der Waals surface area contributed by atoms with E-state index in [1.165, 1.54) is 0 Å². The molecular formula is C6H7NS. The molecule has 2 heteroatoms. The minimum absolute atomic E-state index is 0.0625. The van der Waals surface area contributed by atoms with Crippen molar-refractivity contribution < 1.29 is 0 Å². The summed E-state index contributed by atoms with van der Waals surface area (Å²) in [5.41, 5.74) is 0. The van der Waals surface area contributed by atoms with Crippen LogP contribution in [-0.4, -0.2) is 11.2 Å². The van der Waals surface area contributed by atoms with E-state index in [2.05, 4.69) is 28.3 Å². The molecule has 1 unspecified atom stereocenters. The second-order valence-corrected chi connectivity index (χ2v) is 1.49. The van der Waals surface area contributed by atoms with E-state index in [1.54, 1.807) is 0 Å². The molecule has 0 radical (unpaired) electrons. The molecular weight excluding hydrogens is 118 g/mol. The number of aliphatic imine (C=N–C) groups is 1. The van der Waals surface area contributed by atoms with Crippen molar-refractivity contribution in [2.75, 3.05) is 0 Å². The van der Waals surface area contributed by atoms with Crippen LogP contribution in [0.15, 0.2) is 4.99 Å². The number of isothiocyanates is 1. The van der Waals surface area contributed by atoms with Gasteiger partial charge >= 0.3 is 0 Å². The summed E-state index contributed by atoms with van der Waals surface area (Å²) in [4.78, 5) is 3.69. The number of rotatable bonds is 2. The van der Waals surface area contributed by atoms with Gasteiger partial charge in [0.25, 0.3) is 0 Å². The Bertz CT molecular complexity index is 139. The van der Waals surface area contributed by atoms with Crippen LogP contribution in [0.25, 0.3) is 0 Å². The minimum Gasteiger partial charge on any atom is -0.216 e. The third kappa shape index (κ3) is 2.52. The number of terminal acetylenes is 1. The Morgan fingerprint density at radius 3 is 2.62 bits per heavy atom. The van der Waals surface area contributed by atoms with Crippen molar-refractivity contribution in [3.63, 3.8) is 0 Å². The van der Waals surface area contributed by atoms with E-state index >= 15 is 0 Å². The van der Waals surface area contributed by atoms with Gasteiger partial charge in [0.2, 0.25) is 0 Å². The molecule has 42 valence electrons. The maximum atomic E-state index is 5.04. The molecule has 1 atom stereocenters. The maximum Gasteiger partial charge on any atom is 0.120 e. The van der Waals surface area contributed by atoms with E-state index in [1.807, 2.05) is 6.92 Å². The lowest BCUT2D eigenvalue weighted by atomic mass is 10.3. The van der Waals surface area contributed by atoms with Gasteiger partial charge in [0.1, 0.15) is 6.04 Å². The van der Waals surface area contributed by atoms with Crippen molar-refractivity contribution in [1.29, 1.82) is 0 Å². The lowest BCUT2D eigenvalue weighted by molar-refractivity contribution is 0.814. The number of thiocarbonyl (C=S) groups is 1. The van der Waals surface area contributed by atoms with Gasteiger partial charge in [-0.05, 0) is 18.6 Å². The predicted molar refractivity (Wildman–Crippen MR) is 37.9 cm³/mol. The van der Waals surface area contributed by atoms with Gasteiger partial charge in [0, 0.05) is 0 Å². The van der Waals surface area contributed by atoms with Gasteiger partial charge in [-0.25, -0.2) is 4.99 Å². The number of hydrogen-bond acceptors (Lipinski definition) is 2. The molecule has 0 aromatic rings. The second kappa shape index (κ2) is 4.52. The first kappa shape index (κ1) is 7.36. The van der Waals surface area contributed by atoms with E-state index in [9.17, 15) is 0 Å². The normalized spacial score (nSPS) is 11.0. The molecule has 0 fully saturated rings. The first-order valence-electron chi connectivity index (χ1n) is 2.38. The van der Waals surface area contributed by atoms with Crippen LogP contribution in [0, 0.1) is 12.3 Å². The predicted octanol–water partition coefficient (Wildman–Crippen LogP) is 1.50. The number of hydrogen-bond donors (Lipinski definition) is 0. The van der Waals surface area contributed by atoms with Crippen LogP contribution in [0.3, 0.4) is 0 Å². The average Bonchev–Trinajstić information content (AvgIpc) is 1.83. The summed E-state index contributed by atoms with van der Waals surface area (Å²) in [6.45, 7) is 1.96. The molecule has 8 heavy (non-hydrogen) atoms. The van der Waals surface area contributed by atoms with Crippen molar-refractivity contribution >= 4 is 17.4 Å². The summed E-state index contributed by atoms with van der Waals surface area (Å²) in [7, 11) is 0. The Hall–Kier alpha value is -0.640. The third-order valence-corrected chi connectivity index (χ3v) is 0.893. The molecule has 0 bridgehead atoms. The fourth-order valence-corrected chi connectivity index (χ4v) is 0.437. The zero-order valence-electron chi connectivity index (χ0n) is 4.72. The standard InChI is InChI=1S/C6H7NS/c1-3-6(4-2)7-5-8/h1,6H,4H2,2H3. The van der Waals surface area contributed by atoms with Crippen molar-refractivity contribution in [3.8, 4) is 12.3 Å². The molecule has 1 nitrogen and oxygen atoms in total. The van der Waals surface area contributed by atoms with Crippen molar-refractivity contribution in [1.82, 2.24) is 0 Å². The summed E-state index contributed by atoms with van der Waals surface area (Å²) in [5, 5.41) is 2.24. The van der Waals surface area contributed by atoms with Crippen LogP contribution in [0.5, 0.6) is 0 Å². The van der Waals surface area contributed by atoms with Gasteiger partial charge in [-0.15, -0.1) is 6.42 Å². The summed E-state index contributed by atoms with van der Waals surface area (Å²) < 4.78 is 0. The molecule has 0 aliphatic carbocycles. The van der Waals surface area contributed by atoms with E-state index in [0.29, 0.717) is 0 Å². The zero-order chi connectivity index (χ0) is 6.41. The quantitative estimate of drug-likeness (QED) is 0.309. The van der Waals surface area contributed by atoms with Crippen molar-refractivity contribution in [3.05, 3.63) is 0 Å². The first-order chi connectivity index (χ1) is 3.85. The summed E-state index contributed by atoms with van der Waals surface area (Å²) >= 11 is 4.35. The monoisotopic (exact) mass is 125 g/mol. The van der Waals surface area contributed by atoms with E-state index < -0.39 is 0 Å².